The largest absolute Gasteiger partial charge is 0.348 e. The monoisotopic (exact) mass is 347 g/mol. The number of rotatable bonds is 5. The number of aromatic nitrogens is 1. The van der Waals surface area contributed by atoms with Crippen molar-refractivity contribution in [2.45, 2.75) is 38.9 Å². The van der Waals surface area contributed by atoms with Gasteiger partial charge in [0.25, 0.3) is 0 Å². The van der Waals surface area contributed by atoms with E-state index in [2.05, 4.69) is 10.3 Å². The lowest BCUT2D eigenvalue weighted by atomic mass is 10.1. The zero-order valence-electron chi connectivity index (χ0n) is 13.3. The van der Waals surface area contributed by atoms with Gasteiger partial charge in [-0.1, -0.05) is 18.2 Å². The lowest BCUT2D eigenvalue weighted by Crippen LogP contribution is -2.44. The van der Waals surface area contributed by atoms with Crippen LogP contribution < -0.4 is 5.32 Å². The molecule has 0 bridgehead atoms. The van der Waals surface area contributed by atoms with Crippen LogP contribution >= 0.6 is 11.3 Å². The van der Waals surface area contributed by atoms with Crippen molar-refractivity contribution in [3.8, 4) is 0 Å². The second-order valence-corrected chi connectivity index (χ2v) is 6.71. The van der Waals surface area contributed by atoms with Gasteiger partial charge in [-0.05, 0) is 19.4 Å². The van der Waals surface area contributed by atoms with Crippen molar-refractivity contribution in [3.05, 3.63) is 51.7 Å². The molecule has 1 N–H and O–H groups in total. The van der Waals surface area contributed by atoms with Gasteiger partial charge in [-0.25, -0.2) is 9.37 Å². The van der Waals surface area contributed by atoms with Crippen molar-refractivity contribution in [2.75, 3.05) is 0 Å². The molecule has 7 heteroatoms. The minimum Gasteiger partial charge on any atom is -0.348 e. The molecule has 126 valence electrons. The molecule has 0 saturated carbocycles. The van der Waals surface area contributed by atoms with E-state index in [1.165, 1.54) is 22.3 Å². The molecule has 1 aliphatic heterocycles. The fraction of sp³-hybridized carbons (Fsp3) is 0.353. The van der Waals surface area contributed by atoms with Gasteiger partial charge in [-0.15, -0.1) is 11.3 Å². The Morgan fingerprint density at radius 2 is 2.25 bits per heavy atom. The Bertz CT molecular complexity index is 762. The number of thiazole rings is 1. The predicted molar refractivity (Wildman–Crippen MR) is 88.7 cm³/mol. The van der Waals surface area contributed by atoms with E-state index in [1.54, 1.807) is 18.2 Å². The van der Waals surface area contributed by atoms with Gasteiger partial charge < -0.3 is 10.2 Å². The van der Waals surface area contributed by atoms with Crippen LogP contribution in [0.15, 0.2) is 29.6 Å². The minimum atomic E-state index is -0.557. The molecule has 24 heavy (non-hydrogen) atoms. The summed E-state index contributed by atoms with van der Waals surface area (Å²) >= 11 is 1.48. The van der Waals surface area contributed by atoms with E-state index >= 15 is 0 Å². The van der Waals surface area contributed by atoms with Crippen LogP contribution in [0.1, 0.15) is 29.1 Å². The van der Waals surface area contributed by atoms with Crippen LogP contribution in [0, 0.1) is 12.7 Å². The molecule has 3 rings (SSSR count). The summed E-state index contributed by atoms with van der Waals surface area (Å²) in [5.74, 6) is -0.705. The van der Waals surface area contributed by atoms with E-state index in [1.807, 2.05) is 12.3 Å². The smallest absolute Gasteiger partial charge is 0.243 e. The van der Waals surface area contributed by atoms with Gasteiger partial charge in [0.1, 0.15) is 16.9 Å². The van der Waals surface area contributed by atoms with Gasteiger partial charge in [-0.2, -0.15) is 0 Å². The maximum absolute atomic E-state index is 13.8. The standard InChI is InChI=1S/C17H18FN3O2S/c1-11-10-24-15(20-11)8-19-17(23)14-6-7-16(22)21(14)9-12-4-2-3-5-13(12)18/h2-5,10,14H,6-9H2,1H3,(H,19,23). The maximum Gasteiger partial charge on any atom is 0.243 e. The van der Waals surface area contributed by atoms with Crippen molar-refractivity contribution < 1.29 is 14.0 Å². The summed E-state index contributed by atoms with van der Waals surface area (Å²) in [5.41, 5.74) is 1.34. The highest BCUT2D eigenvalue weighted by atomic mass is 32.1. The molecule has 1 unspecified atom stereocenters. The number of likely N-dealkylation sites (tertiary alicyclic amines) is 1. The highest BCUT2D eigenvalue weighted by Gasteiger charge is 2.36. The lowest BCUT2D eigenvalue weighted by Gasteiger charge is -2.24. The van der Waals surface area contributed by atoms with Crippen molar-refractivity contribution in [2.24, 2.45) is 0 Å². The maximum atomic E-state index is 13.8. The molecule has 2 aromatic rings. The third kappa shape index (κ3) is 3.62. The molecule has 1 aromatic heterocycles. The quantitative estimate of drug-likeness (QED) is 0.903. The SMILES string of the molecule is Cc1csc(CNC(=O)C2CCC(=O)N2Cc2ccccc2F)n1. The molecule has 0 radical (unpaired) electrons. The Hall–Kier alpha value is -2.28. The number of carbonyl (C=O) groups is 2. The molecule has 1 fully saturated rings. The highest BCUT2D eigenvalue weighted by Crippen LogP contribution is 2.23. The molecule has 5 nitrogen and oxygen atoms in total. The van der Waals surface area contributed by atoms with Gasteiger partial charge in [0.05, 0.1) is 6.54 Å². The first-order chi connectivity index (χ1) is 11.5. The van der Waals surface area contributed by atoms with Crippen molar-refractivity contribution >= 4 is 23.2 Å². The average molecular weight is 347 g/mol. The summed E-state index contributed by atoms with van der Waals surface area (Å²) in [4.78, 5) is 30.3. The lowest BCUT2D eigenvalue weighted by molar-refractivity contribution is -0.135. The summed E-state index contributed by atoms with van der Waals surface area (Å²) in [6.45, 7) is 2.35. The van der Waals surface area contributed by atoms with E-state index in [0.29, 0.717) is 24.9 Å². The molecule has 0 aliphatic carbocycles. The fourth-order valence-corrected chi connectivity index (χ4v) is 3.49. The summed E-state index contributed by atoms with van der Waals surface area (Å²) in [5, 5.41) is 5.57. The molecule has 2 amide bonds. The number of hydrogen-bond donors (Lipinski definition) is 1. The van der Waals surface area contributed by atoms with Crippen LogP contribution in [0.4, 0.5) is 4.39 Å². The zero-order chi connectivity index (χ0) is 17.1. The average Bonchev–Trinajstić information content (AvgIpc) is 3.14. The Labute approximate surface area is 143 Å². The number of halogens is 1. The number of amides is 2. The van der Waals surface area contributed by atoms with E-state index in [-0.39, 0.29) is 24.2 Å². The molecular weight excluding hydrogens is 329 g/mol. The highest BCUT2D eigenvalue weighted by molar-refractivity contribution is 7.09. The molecule has 1 atom stereocenters. The molecule has 1 saturated heterocycles. The second-order valence-electron chi connectivity index (χ2n) is 5.77. The minimum absolute atomic E-state index is 0.111. The number of nitrogens with zero attached hydrogens (tertiary/aromatic N) is 2. The first-order valence-electron chi connectivity index (χ1n) is 7.76. The van der Waals surface area contributed by atoms with Crippen molar-refractivity contribution in [3.63, 3.8) is 0 Å². The van der Waals surface area contributed by atoms with Crippen LogP contribution in [-0.2, 0) is 22.7 Å². The van der Waals surface area contributed by atoms with Gasteiger partial charge in [0.15, 0.2) is 0 Å². The Balaban J connectivity index is 1.66. The van der Waals surface area contributed by atoms with Crippen LogP contribution in [0.2, 0.25) is 0 Å². The number of aryl methyl sites for hydroxylation is 1. The third-order valence-electron chi connectivity index (χ3n) is 4.01. The fourth-order valence-electron chi connectivity index (χ4n) is 2.78. The second kappa shape index (κ2) is 7.09. The molecule has 0 spiro atoms. The van der Waals surface area contributed by atoms with Crippen LogP contribution in [0.5, 0.6) is 0 Å². The summed E-state index contributed by atoms with van der Waals surface area (Å²) in [6, 6.07) is 5.76. The summed E-state index contributed by atoms with van der Waals surface area (Å²) in [7, 11) is 0. The number of hydrogen-bond acceptors (Lipinski definition) is 4. The zero-order valence-corrected chi connectivity index (χ0v) is 14.1. The number of carbonyl (C=O) groups excluding carboxylic acids is 2. The van der Waals surface area contributed by atoms with Gasteiger partial charge in [-0.3, -0.25) is 9.59 Å². The molecule has 1 aliphatic rings. The summed E-state index contributed by atoms with van der Waals surface area (Å²) < 4.78 is 13.8. The molecule has 2 heterocycles. The summed E-state index contributed by atoms with van der Waals surface area (Å²) in [6.07, 6.45) is 0.763. The van der Waals surface area contributed by atoms with Crippen LogP contribution in [-0.4, -0.2) is 27.7 Å². The first kappa shape index (κ1) is 16.6. The molecular formula is C17H18FN3O2S. The van der Waals surface area contributed by atoms with E-state index in [0.717, 1.165) is 10.7 Å². The first-order valence-corrected chi connectivity index (χ1v) is 8.64. The van der Waals surface area contributed by atoms with E-state index in [9.17, 15) is 14.0 Å². The topological polar surface area (TPSA) is 62.3 Å². The molecule has 1 aromatic carbocycles. The van der Waals surface area contributed by atoms with Crippen molar-refractivity contribution in [1.82, 2.24) is 15.2 Å². The van der Waals surface area contributed by atoms with Gasteiger partial charge in [0, 0.05) is 29.6 Å². The van der Waals surface area contributed by atoms with Crippen LogP contribution in [0.25, 0.3) is 0 Å². The number of benzene rings is 1. The third-order valence-corrected chi connectivity index (χ3v) is 4.98. The van der Waals surface area contributed by atoms with Crippen LogP contribution in [0.3, 0.4) is 0 Å². The Morgan fingerprint density at radius 1 is 1.46 bits per heavy atom. The van der Waals surface area contributed by atoms with E-state index in [4.69, 9.17) is 0 Å². The number of nitrogens with one attached hydrogen (secondary N) is 1. The predicted octanol–water partition coefficient (Wildman–Crippen LogP) is 2.40. The van der Waals surface area contributed by atoms with Gasteiger partial charge in [0.2, 0.25) is 11.8 Å². The normalized spacial score (nSPS) is 17.3. The van der Waals surface area contributed by atoms with Crippen molar-refractivity contribution in [1.29, 1.82) is 0 Å². The van der Waals surface area contributed by atoms with E-state index < -0.39 is 6.04 Å². The van der Waals surface area contributed by atoms with Gasteiger partial charge >= 0.3 is 0 Å². The Morgan fingerprint density at radius 3 is 2.96 bits per heavy atom. The Kier molecular flexibility index (Phi) is 4.89.